The van der Waals surface area contributed by atoms with Gasteiger partial charge >= 0.3 is 0 Å². The summed E-state index contributed by atoms with van der Waals surface area (Å²) in [6, 6.07) is 3.95. The molecule has 0 aromatic carbocycles. The Balaban J connectivity index is 2.26. The lowest BCUT2D eigenvalue weighted by Crippen LogP contribution is -2.28. The highest BCUT2D eigenvalue weighted by Crippen LogP contribution is 2.32. The fourth-order valence-electron chi connectivity index (χ4n) is 2.11. The van der Waals surface area contributed by atoms with Crippen molar-refractivity contribution in [2.24, 2.45) is 0 Å². The van der Waals surface area contributed by atoms with Crippen molar-refractivity contribution in [1.29, 1.82) is 0 Å². The van der Waals surface area contributed by atoms with Gasteiger partial charge in [-0.2, -0.15) is 0 Å². The Morgan fingerprint density at radius 2 is 2.47 bits per heavy atom. The van der Waals surface area contributed by atoms with Crippen molar-refractivity contribution in [2.45, 2.75) is 25.8 Å². The molecule has 3 nitrogen and oxygen atoms in total. The van der Waals surface area contributed by atoms with Gasteiger partial charge in [0.15, 0.2) is 0 Å². The second-order valence-electron chi connectivity index (χ2n) is 3.78. The summed E-state index contributed by atoms with van der Waals surface area (Å²) in [7, 11) is 0. The van der Waals surface area contributed by atoms with Gasteiger partial charge in [0.1, 0.15) is 5.15 Å². The van der Waals surface area contributed by atoms with Gasteiger partial charge in [-0.3, -0.25) is 4.79 Å². The molecule has 1 fully saturated rings. The molecular weight excluding hydrogens is 212 g/mol. The maximum absolute atomic E-state index is 11.4. The summed E-state index contributed by atoms with van der Waals surface area (Å²) in [6.07, 6.45) is 3.76. The first-order chi connectivity index (χ1) is 7.18. The van der Waals surface area contributed by atoms with Gasteiger partial charge in [-0.25, -0.2) is 4.98 Å². The zero-order chi connectivity index (χ0) is 10.8. The molecule has 1 aliphatic heterocycles. The first kappa shape index (κ1) is 10.4. The van der Waals surface area contributed by atoms with Crippen LogP contribution in [-0.2, 0) is 4.79 Å². The second-order valence-corrected chi connectivity index (χ2v) is 4.17. The monoisotopic (exact) mass is 224 g/mol. The Morgan fingerprint density at radius 3 is 3.13 bits per heavy atom. The highest BCUT2D eigenvalue weighted by Gasteiger charge is 2.27. The molecule has 15 heavy (non-hydrogen) atoms. The molecule has 0 N–H and O–H groups in total. The van der Waals surface area contributed by atoms with Crippen LogP contribution in [0.2, 0.25) is 5.15 Å². The summed E-state index contributed by atoms with van der Waals surface area (Å²) in [5.74, 6) is 0.130. The summed E-state index contributed by atoms with van der Waals surface area (Å²) in [5.41, 5.74) is 1.09. The van der Waals surface area contributed by atoms with E-state index < -0.39 is 0 Å². The Morgan fingerprint density at radius 1 is 1.67 bits per heavy atom. The van der Waals surface area contributed by atoms with E-state index in [4.69, 9.17) is 11.6 Å². The molecule has 1 aliphatic rings. The van der Waals surface area contributed by atoms with Crippen LogP contribution in [0.1, 0.15) is 31.4 Å². The van der Waals surface area contributed by atoms with E-state index in [-0.39, 0.29) is 11.9 Å². The van der Waals surface area contributed by atoms with Gasteiger partial charge in [-0.15, -0.1) is 0 Å². The van der Waals surface area contributed by atoms with E-state index in [0.717, 1.165) is 24.9 Å². The van der Waals surface area contributed by atoms with Crippen molar-refractivity contribution < 1.29 is 4.79 Å². The van der Waals surface area contributed by atoms with Crippen LogP contribution >= 0.6 is 11.6 Å². The predicted molar refractivity (Wildman–Crippen MR) is 58.6 cm³/mol. The number of hydrogen-bond acceptors (Lipinski definition) is 2. The van der Waals surface area contributed by atoms with Crippen LogP contribution in [-0.4, -0.2) is 22.3 Å². The average Bonchev–Trinajstić information content (AvgIpc) is 2.65. The largest absolute Gasteiger partial charge is 0.336 e. The van der Waals surface area contributed by atoms with Gasteiger partial charge in [0.25, 0.3) is 0 Å². The first-order valence-corrected chi connectivity index (χ1v) is 5.45. The molecule has 1 amide bonds. The van der Waals surface area contributed by atoms with E-state index in [0.29, 0.717) is 5.15 Å². The number of carbonyl (C=O) groups is 1. The molecule has 0 radical (unpaired) electrons. The summed E-state index contributed by atoms with van der Waals surface area (Å²) < 4.78 is 0. The quantitative estimate of drug-likeness (QED) is 0.687. The normalized spacial score (nSPS) is 20.7. The molecule has 0 saturated carbocycles. The van der Waals surface area contributed by atoms with Crippen molar-refractivity contribution in [3.63, 3.8) is 0 Å². The molecule has 1 aromatic rings. The van der Waals surface area contributed by atoms with Crippen molar-refractivity contribution in [2.75, 3.05) is 6.54 Å². The van der Waals surface area contributed by atoms with Gasteiger partial charge in [0.2, 0.25) is 5.91 Å². The third-order valence-electron chi connectivity index (χ3n) is 2.79. The standard InChI is InChI=1S/C11H13ClN2O/c1-8(15)14-6-2-3-10(14)9-4-5-13-11(12)7-9/h4-5,7,10H,2-3,6H2,1H3. The molecule has 4 heteroatoms. The van der Waals surface area contributed by atoms with Gasteiger partial charge in [0.05, 0.1) is 6.04 Å². The molecule has 1 atom stereocenters. The number of aromatic nitrogens is 1. The Labute approximate surface area is 94.1 Å². The molecular formula is C11H13ClN2O. The highest BCUT2D eigenvalue weighted by atomic mass is 35.5. The molecule has 2 heterocycles. The number of carbonyl (C=O) groups excluding carboxylic acids is 1. The SMILES string of the molecule is CC(=O)N1CCCC1c1ccnc(Cl)c1. The van der Waals surface area contributed by atoms with E-state index in [1.165, 1.54) is 0 Å². The minimum Gasteiger partial charge on any atom is -0.336 e. The summed E-state index contributed by atoms with van der Waals surface area (Å²) >= 11 is 5.84. The maximum atomic E-state index is 11.4. The smallest absolute Gasteiger partial charge is 0.219 e. The average molecular weight is 225 g/mol. The Bertz CT molecular complexity index is 381. The minimum atomic E-state index is 0.130. The summed E-state index contributed by atoms with van der Waals surface area (Å²) in [5, 5.41) is 0.489. The van der Waals surface area contributed by atoms with Gasteiger partial charge in [-0.1, -0.05) is 11.6 Å². The topological polar surface area (TPSA) is 33.2 Å². The van der Waals surface area contributed by atoms with Crippen molar-refractivity contribution in [3.05, 3.63) is 29.0 Å². The third kappa shape index (κ3) is 2.12. The van der Waals surface area contributed by atoms with E-state index in [1.807, 2.05) is 17.0 Å². The third-order valence-corrected chi connectivity index (χ3v) is 3.00. The van der Waals surface area contributed by atoms with Crippen LogP contribution in [0.15, 0.2) is 18.3 Å². The Hall–Kier alpha value is -1.09. The molecule has 2 rings (SSSR count). The van der Waals surface area contributed by atoms with Crippen LogP contribution in [0.4, 0.5) is 0 Å². The minimum absolute atomic E-state index is 0.130. The van der Waals surface area contributed by atoms with E-state index in [1.54, 1.807) is 13.1 Å². The lowest BCUT2D eigenvalue weighted by Gasteiger charge is -2.23. The molecule has 1 unspecified atom stereocenters. The predicted octanol–water partition coefficient (Wildman–Crippen LogP) is 2.42. The van der Waals surface area contributed by atoms with Crippen molar-refractivity contribution in [3.8, 4) is 0 Å². The van der Waals surface area contributed by atoms with E-state index in [9.17, 15) is 4.79 Å². The second kappa shape index (κ2) is 4.19. The van der Waals surface area contributed by atoms with Crippen LogP contribution in [0.3, 0.4) is 0 Å². The van der Waals surface area contributed by atoms with Gasteiger partial charge in [0, 0.05) is 19.7 Å². The molecule has 0 spiro atoms. The summed E-state index contributed by atoms with van der Waals surface area (Å²) in [6.45, 7) is 2.46. The molecule has 80 valence electrons. The zero-order valence-electron chi connectivity index (χ0n) is 8.61. The number of nitrogens with zero attached hydrogens (tertiary/aromatic N) is 2. The maximum Gasteiger partial charge on any atom is 0.219 e. The van der Waals surface area contributed by atoms with Gasteiger partial charge in [-0.05, 0) is 30.5 Å². The van der Waals surface area contributed by atoms with Gasteiger partial charge < -0.3 is 4.90 Å². The number of likely N-dealkylation sites (tertiary alicyclic amines) is 1. The van der Waals surface area contributed by atoms with E-state index >= 15 is 0 Å². The van der Waals surface area contributed by atoms with Crippen molar-refractivity contribution in [1.82, 2.24) is 9.88 Å². The highest BCUT2D eigenvalue weighted by molar-refractivity contribution is 6.29. The molecule has 1 saturated heterocycles. The fourth-order valence-corrected chi connectivity index (χ4v) is 2.30. The van der Waals surface area contributed by atoms with E-state index in [2.05, 4.69) is 4.98 Å². The fraction of sp³-hybridized carbons (Fsp3) is 0.455. The lowest BCUT2D eigenvalue weighted by atomic mass is 10.1. The number of amides is 1. The van der Waals surface area contributed by atoms with Crippen LogP contribution in [0.5, 0.6) is 0 Å². The zero-order valence-corrected chi connectivity index (χ0v) is 9.37. The number of pyridine rings is 1. The number of rotatable bonds is 1. The van der Waals surface area contributed by atoms with Crippen LogP contribution in [0.25, 0.3) is 0 Å². The molecule has 0 bridgehead atoms. The first-order valence-electron chi connectivity index (χ1n) is 5.07. The van der Waals surface area contributed by atoms with Crippen LogP contribution in [0, 0.1) is 0 Å². The lowest BCUT2D eigenvalue weighted by molar-refractivity contribution is -0.129. The molecule has 1 aromatic heterocycles. The number of hydrogen-bond donors (Lipinski definition) is 0. The number of halogens is 1. The van der Waals surface area contributed by atoms with Crippen LogP contribution < -0.4 is 0 Å². The van der Waals surface area contributed by atoms with Crippen molar-refractivity contribution >= 4 is 17.5 Å². The molecule has 0 aliphatic carbocycles. The Kier molecular flexibility index (Phi) is 2.91. The summed E-state index contributed by atoms with van der Waals surface area (Å²) in [4.78, 5) is 17.2.